The van der Waals surface area contributed by atoms with Gasteiger partial charge in [0.1, 0.15) is 0 Å². The lowest BCUT2D eigenvalue weighted by atomic mass is 10.0. The van der Waals surface area contributed by atoms with E-state index < -0.39 is 246 Å². The lowest BCUT2D eigenvalue weighted by Gasteiger charge is -2.11. The molecule has 0 bridgehead atoms. The van der Waals surface area contributed by atoms with Gasteiger partial charge in [-0.1, -0.05) is 121 Å². The van der Waals surface area contributed by atoms with E-state index in [1.807, 2.05) is 0 Å². The van der Waals surface area contributed by atoms with Gasteiger partial charge in [0, 0.05) is 32.9 Å². The first-order chi connectivity index (χ1) is 33.5. The van der Waals surface area contributed by atoms with Gasteiger partial charge in [-0.3, -0.25) is 0 Å². The van der Waals surface area contributed by atoms with Crippen molar-refractivity contribution >= 4 is 43.6 Å². The Balaban J connectivity index is 1.53. The van der Waals surface area contributed by atoms with Gasteiger partial charge in [0.15, 0.2) is 0 Å². The molecule has 0 amide bonds. The van der Waals surface area contributed by atoms with E-state index in [4.69, 9.17) is 27.4 Å². The molecule has 206 valence electrons. The van der Waals surface area contributed by atoms with E-state index in [1.54, 1.807) is 0 Å². The van der Waals surface area contributed by atoms with Crippen molar-refractivity contribution in [2.45, 2.75) is 0 Å². The third kappa shape index (κ3) is 3.82. The molecule has 0 fully saturated rings. The van der Waals surface area contributed by atoms with Crippen molar-refractivity contribution in [3.63, 3.8) is 0 Å². The quantitative estimate of drug-likeness (QED) is 0.193. The second-order valence-corrected chi connectivity index (χ2v) is 9.26. The highest BCUT2D eigenvalue weighted by atomic mass is 15.0. The Morgan fingerprint density at radius 2 is 0.682 bits per heavy atom. The third-order valence-electron chi connectivity index (χ3n) is 6.86. The van der Waals surface area contributed by atoms with E-state index >= 15 is 0 Å². The fourth-order valence-electron chi connectivity index (χ4n) is 4.99. The molecule has 0 unspecified atom stereocenters. The zero-order valence-electron chi connectivity index (χ0n) is 49.9. The minimum Gasteiger partial charge on any atom is -0.309 e. The molecule has 0 spiro atoms. The topological polar surface area (TPSA) is 9.86 Å². The summed E-state index contributed by atoms with van der Waals surface area (Å²) in [6, 6.07) is -26.1. The van der Waals surface area contributed by atoms with Crippen LogP contribution in [0.2, 0.25) is 0 Å². The van der Waals surface area contributed by atoms with E-state index in [1.165, 1.54) is 0 Å². The summed E-state index contributed by atoms with van der Waals surface area (Å²) in [5.74, 6) is 0. The van der Waals surface area contributed by atoms with Crippen LogP contribution in [0.1, 0.15) is 38.4 Å². The standard InChI is InChI=1S/C42H28N2/c1-3-11-29(12-4-1)30-19-23-34(24-20-30)44-40-18-10-8-16-36(40)38-26-22-32(28-42(38)44)31-21-25-37-35-15-7-9-17-39(35)43(41(37)27-31)33-13-5-2-6-14-33/h1-28H/i1D,2D,3D,4D,5D,6D,7D,8D,9D,10D,11D,12D,13D,14D,15D,16D,17D,18D,19D,20D,21D,22D,23D,24D,25D,26D,27D,28D. The predicted molar refractivity (Wildman–Crippen MR) is 186 cm³/mol. The number of hydrogen-bond acceptors (Lipinski definition) is 0. The number of fused-ring (bicyclic) bond motifs is 6. The van der Waals surface area contributed by atoms with Gasteiger partial charge < -0.3 is 9.13 Å². The predicted octanol–water partition coefficient (Wildman–Crippen LogP) is 11.2. The molecule has 2 heterocycles. The zero-order valence-corrected chi connectivity index (χ0v) is 21.9. The second-order valence-electron chi connectivity index (χ2n) is 9.26. The third-order valence-corrected chi connectivity index (χ3v) is 6.86. The highest BCUT2D eigenvalue weighted by molar-refractivity contribution is 6.12. The van der Waals surface area contributed by atoms with Crippen molar-refractivity contribution in [2.75, 3.05) is 0 Å². The number of para-hydroxylation sites is 3. The summed E-state index contributed by atoms with van der Waals surface area (Å²) >= 11 is 0. The summed E-state index contributed by atoms with van der Waals surface area (Å²) in [6.45, 7) is 0. The molecule has 0 N–H and O–H groups in total. The normalized spacial score (nSPS) is 20.5. The number of hydrogen-bond donors (Lipinski definition) is 0. The Bertz CT molecular complexity index is 3990. The van der Waals surface area contributed by atoms with Crippen LogP contribution in [0.25, 0.3) is 77.2 Å². The molecular weight excluding hydrogens is 532 g/mol. The number of aromatic nitrogens is 2. The first-order valence-electron chi connectivity index (χ1n) is 26.8. The van der Waals surface area contributed by atoms with Gasteiger partial charge in [-0.2, -0.15) is 0 Å². The summed E-state index contributed by atoms with van der Waals surface area (Å²) in [7, 11) is 0. The van der Waals surface area contributed by atoms with Gasteiger partial charge in [-0.05, 0) is 70.6 Å². The minimum absolute atomic E-state index is 0.519. The lowest BCUT2D eigenvalue weighted by molar-refractivity contribution is 1.18. The van der Waals surface area contributed by atoms with Crippen LogP contribution in [-0.2, 0) is 0 Å². The highest BCUT2D eigenvalue weighted by Gasteiger charge is 2.16. The SMILES string of the molecule is [2H]c1c([2H])c([2H])c(-c2c([2H])c([2H])c(-n3c4c([2H])c([2H])c([2H])c([2H])c4c4c([2H])c([2H])c(-c5c([2H])c([2H])c6c7c([2H])c([2H])c([2H])c([2H])c7n(-c7c([2H])c([2H])c([2H])c([2H])c7[2H])c6c5[2H])c([2H])c43)c([2H])c2[2H])c([2H])c1[2H]. The Morgan fingerprint density at radius 3 is 1.23 bits per heavy atom. The van der Waals surface area contributed by atoms with E-state index in [2.05, 4.69) is 0 Å². The summed E-state index contributed by atoms with van der Waals surface area (Å²) < 4.78 is 250. The smallest absolute Gasteiger partial charge is 0.0652 e. The lowest BCUT2D eigenvalue weighted by Crippen LogP contribution is -1.94. The highest BCUT2D eigenvalue weighted by Crippen LogP contribution is 2.38. The average Bonchev–Trinajstić information content (AvgIpc) is 3.89. The van der Waals surface area contributed by atoms with Gasteiger partial charge in [-0.25, -0.2) is 0 Å². The van der Waals surface area contributed by atoms with Crippen LogP contribution >= 0.6 is 0 Å². The molecular formula is C42H28N2. The van der Waals surface area contributed by atoms with Crippen LogP contribution in [-0.4, -0.2) is 9.13 Å². The molecule has 9 aromatic rings. The molecule has 9 rings (SSSR count). The molecule has 44 heavy (non-hydrogen) atoms. The Kier molecular flexibility index (Phi) is 2.14. The molecule has 0 radical (unpaired) electrons. The van der Waals surface area contributed by atoms with Crippen LogP contribution in [0.5, 0.6) is 0 Å². The molecule has 7 aromatic carbocycles. The number of rotatable bonds is 4. The van der Waals surface area contributed by atoms with Gasteiger partial charge in [-0.15, -0.1) is 0 Å². The van der Waals surface area contributed by atoms with Crippen molar-refractivity contribution in [1.82, 2.24) is 9.13 Å². The molecule has 0 saturated heterocycles. The molecule has 2 aromatic heterocycles. The van der Waals surface area contributed by atoms with Crippen molar-refractivity contribution < 1.29 is 38.4 Å². The van der Waals surface area contributed by atoms with Crippen LogP contribution in [0.4, 0.5) is 0 Å². The molecule has 0 saturated carbocycles. The molecule has 0 aliphatic rings. The molecule has 2 heteroatoms. The maximum absolute atomic E-state index is 9.86. The Hall–Kier alpha value is -5.86. The largest absolute Gasteiger partial charge is 0.309 e. The van der Waals surface area contributed by atoms with Crippen molar-refractivity contribution in [2.24, 2.45) is 0 Å². The number of nitrogens with zero attached hydrogens (tertiary/aromatic N) is 2. The van der Waals surface area contributed by atoms with Crippen LogP contribution < -0.4 is 0 Å². The van der Waals surface area contributed by atoms with E-state index in [-0.39, 0.29) is 0 Å². The van der Waals surface area contributed by atoms with Crippen molar-refractivity contribution in [1.29, 1.82) is 0 Å². The van der Waals surface area contributed by atoms with Gasteiger partial charge in [0.25, 0.3) is 0 Å². The summed E-state index contributed by atoms with van der Waals surface area (Å²) in [5.41, 5.74) is -7.56. The fraction of sp³-hybridized carbons (Fsp3) is 0. The van der Waals surface area contributed by atoms with Gasteiger partial charge >= 0.3 is 0 Å². The van der Waals surface area contributed by atoms with E-state index in [0.717, 1.165) is 4.57 Å². The van der Waals surface area contributed by atoms with E-state index in [0.29, 0.717) is 4.57 Å². The van der Waals surface area contributed by atoms with Crippen LogP contribution in [0.15, 0.2) is 169 Å². The maximum atomic E-state index is 9.86. The van der Waals surface area contributed by atoms with Crippen LogP contribution in [0, 0.1) is 0 Å². The monoisotopic (exact) mass is 588 g/mol. The average molecular weight is 589 g/mol. The Labute approximate surface area is 295 Å². The first kappa shape index (κ1) is 9.57. The zero-order chi connectivity index (χ0) is 53.4. The second kappa shape index (κ2) is 9.86. The molecule has 0 aliphatic carbocycles. The first-order valence-corrected chi connectivity index (χ1v) is 12.8. The van der Waals surface area contributed by atoms with Gasteiger partial charge in [0.2, 0.25) is 0 Å². The van der Waals surface area contributed by atoms with E-state index in [9.17, 15) is 11.0 Å². The molecule has 0 aliphatic heterocycles. The van der Waals surface area contributed by atoms with Crippen LogP contribution in [0.3, 0.4) is 0 Å². The fourth-order valence-corrected chi connectivity index (χ4v) is 4.99. The van der Waals surface area contributed by atoms with Crippen molar-refractivity contribution in [3.05, 3.63) is 169 Å². The molecule has 0 atom stereocenters. The molecule has 2 nitrogen and oxygen atoms in total. The van der Waals surface area contributed by atoms with Gasteiger partial charge in [0.05, 0.1) is 60.4 Å². The summed E-state index contributed by atoms with van der Waals surface area (Å²) in [6.07, 6.45) is 0. The summed E-state index contributed by atoms with van der Waals surface area (Å²) in [4.78, 5) is 0. The number of benzene rings is 7. The Morgan fingerprint density at radius 1 is 0.295 bits per heavy atom. The maximum Gasteiger partial charge on any atom is 0.0652 e. The minimum atomic E-state index is -1.06. The summed E-state index contributed by atoms with van der Waals surface area (Å²) in [5, 5.41) is -2.26. The van der Waals surface area contributed by atoms with Crippen molar-refractivity contribution in [3.8, 4) is 33.6 Å².